The fraction of sp³-hybridized carbons (Fsp3) is 1.00. The Labute approximate surface area is 92.8 Å². The van der Waals surface area contributed by atoms with Gasteiger partial charge in [-0.3, -0.25) is 4.90 Å². The Morgan fingerprint density at radius 3 is 2.60 bits per heavy atom. The lowest BCUT2D eigenvalue weighted by Gasteiger charge is -2.33. The van der Waals surface area contributed by atoms with Gasteiger partial charge in [0.2, 0.25) is 0 Å². The normalized spacial score (nSPS) is 34.8. The van der Waals surface area contributed by atoms with Crippen LogP contribution >= 0.6 is 0 Å². The van der Waals surface area contributed by atoms with Gasteiger partial charge in [-0.1, -0.05) is 19.3 Å². The number of nitrogens with one attached hydrogen (secondary N) is 1. The summed E-state index contributed by atoms with van der Waals surface area (Å²) in [5, 5.41) is 12.7. The summed E-state index contributed by atoms with van der Waals surface area (Å²) in [6.07, 6.45) is 8.04. The van der Waals surface area contributed by atoms with Crippen molar-refractivity contribution in [3.63, 3.8) is 0 Å². The second-order valence-electron chi connectivity index (χ2n) is 5.20. The number of hydrogen-bond acceptors (Lipinski definition) is 3. The van der Waals surface area contributed by atoms with E-state index in [1.165, 1.54) is 32.1 Å². The van der Waals surface area contributed by atoms with Gasteiger partial charge in [0.1, 0.15) is 0 Å². The van der Waals surface area contributed by atoms with Crippen molar-refractivity contribution in [2.75, 3.05) is 26.7 Å². The molecule has 1 aliphatic carbocycles. The Morgan fingerprint density at radius 2 is 2.07 bits per heavy atom. The highest BCUT2D eigenvalue weighted by Crippen LogP contribution is 2.29. The summed E-state index contributed by atoms with van der Waals surface area (Å²) in [5.41, 5.74) is -0.0164. The van der Waals surface area contributed by atoms with Crippen molar-refractivity contribution >= 4 is 0 Å². The molecule has 2 aliphatic rings. The topological polar surface area (TPSA) is 35.5 Å². The fourth-order valence-electron chi connectivity index (χ4n) is 3.07. The molecule has 1 atom stereocenters. The Morgan fingerprint density at radius 1 is 1.33 bits per heavy atom. The van der Waals surface area contributed by atoms with Gasteiger partial charge in [0.15, 0.2) is 0 Å². The van der Waals surface area contributed by atoms with Gasteiger partial charge in [-0.05, 0) is 26.3 Å². The summed E-state index contributed by atoms with van der Waals surface area (Å²) in [4.78, 5) is 2.59. The first-order valence-corrected chi connectivity index (χ1v) is 6.33. The highest BCUT2D eigenvalue weighted by molar-refractivity contribution is 4.98. The van der Waals surface area contributed by atoms with Crippen molar-refractivity contribution in [2.45, 2.75) is 50.1 Å². The van der Waals surface area contributed by atoms with E-state index in [1.807, 2.05) is 7.05 Å². The second kappa shape index (κ2) is 4.81. The van der Waals surface area contributed by atoms with E-state index in [0.29, 0.717) is 0 Å². The Hall–Kier alpha value is -0.120. The molecule has 1 heterocycles. The first-order chi connectivity index (χ1) is 7.29. The summed E-state index contributed by atoms with van der Waals surface area (Å²) in [6.45, 7) is 2.46. The molecule has 1 saturated carbocycles. The third-order valence-corrected chi connectivity index (χ3v) is 4.31. The van der Waals surface area contributed by atoms with Crippen LogP contribution < -0.4 is 5.32 Å². The smallest absolute Gasteiger partial charge is 0.0626 e. The van der Waals surface area contributed by atoms with E-state index < -0.39 is 0 Å². The maximum Gasteiger partial charge on any atom is 0.0626 e. The van der Waals surface area contributed by atoms with Crippen molar-refractivity contribution < 1.29 is 5.11 Å². The quantitative estimate of drug-likeness (QED) is 0.732. The third-order valence-electron chi connectivity index (χ3n) is 4.31. The molecule has 1 unspecified atom stereocenters. The lowest BCUT2D eigenvalue weighted by atomic mass is 9.94. The number of hydrogen-bond donors (Lipinski definition) is 2. The number of aliphatic hydroxyl groups excluding tert-OH is 1. The van der Waals surface area contributed by atoms with Gasteiger partial charge < -0.3 is 10.4 Å². The summed E-state index contributed by atoms with van der Waals surface area (Å²) >= 11 is 0. The molecule has 3 nitrogen and oxygen atoms in total. The van der Waals surface area contributed by atoms with Crippen molar-refractivity contribution in [1.29, 1.82) is 0 Å². The van der Waals surface area contributed by atoms with Crippen molar-refractivity contribution in [1.82, 2.24) is 10.2 Å². The highest BCUT2D eigenvalue weighted by Gasteiger charge is 2.38. The number of rotatable bonds is 3. The Balaban J connectivity index is 1.90. The van der Waals surface area contributed by atoms with Crippen LogP contribution in [0, 0.1) is 0 Å². The Bertz CT molecular complexity index is 198. The predicted octanol–water partition coefficient (Wildman–Crippen LogP) is 0.975. The molecule has 2 fully saturated rings. The van der Waals surface area contributed by atoms with Gasteiger partial charge in [-0.2, -0.15) is 0 Å². The standard InChI is InChI=1S/C12H24N2O/c1-13-12(10-15)7-8-14(9-12)11-5-3-2-4-6-11/h11,13,15H,2-10H2,1H3. The number of likely N-dealkylation sites (tertiary alicyclic amines) is 1. The molecule has 1 saturated heterocycles. The summed E-state index contributed by atoms with van der Waals surface area (Å²) in [7, 11) is 1.97. The molecule has 15 heavy (non-hydrogen) atoms. The monoisotopic (exact) mass is 212 g/mol. The molecule has 0 aromatic heterocycles. The number of aliphatic hydroxyl groups is 1. The summed E-state index contributed by atoms with van der Waals surface area (Å²) < 4.78 is 0. The average Bonchev–Trinajstić information content (AvgIpc) is 2.75. The zero-order chi connectivity index (χ0) is 10.7. The third kappa shape index (κ3) is 2.35. The van der Waals surface area contributed by atoms with Crippen LogP contribution in [0.2, 0.25) is 0 Å². The predicted molar refractivity (Wildman–Crippen MR) is 61.9 cm³/mol. The van der Waals surface area contributed by atoms with Crippen LogP contribution in [0.15, 0.2) is 0 Å². The lowest BCUT2D eigenvalue weighted by molar-refractivity contribution is 0.140. The highest BCUT2D eigenvalue weighted by atomic mass is 16.3. The van der Waals surface area contributed by atoms with Gasteiger partial charge in [0.25, 0.3) is 0 Å². The second-order valence-corrected chi connectivity index (χ2v) is 5.20. The number of nitrogens with zero attached hydrogens (tertiary/aromatic N) is 1. The molecule has 0 bridgehead atoms. The molecule has 0 aromatic rings. The zero-order valence-corrected chi connectivity index (χ0v) is 9.84. The molecule has 0 aromatic carbocycles. The van der Waals surface area contributed by atoms with E-state index >= 15 is 0 Å². The van der Waals surface area contributed by atoms with E-state index in [9.17, 15) is 5.11 Å². The van der Waals surface area contributed by atoms with Gasteiger partial charge >= 0.3 is 0 Å². The van der Waals surface area contributed by atoms with Crippen LogP contribution in [0.5, 0.6) is 0 Å². The molecule has 0 spiro atoms. The van der Waals surface area contributed by atoms with Crippen molar-refractivity contribution in [3.8, 4) is 0 Å². The van der Waals surface area contributed by atoms with Crippen LogP contribution in [-0.4, -0.2) is 48.3 Å². The fourth-order valence-corrected chi connectivity index (χ4v) is 3.07. The van der Waals surface area contributed by atoms with Gasteiger partial charge in [-0.15, -0.1) is 0 Å². The largest absolute Gasteiger partial charge is 0.394 e. The van der Waals surface area contributed by atoms with Gasteiger partial charge in [-0.25, -0.2) is 0 Å². The van der Waals surface area contributed by atoms with Crippen molar-refractivity contribution in [2.24, 2.45) is 0 Å². The number of likely N-dealkylation sites (N-methyl/N-ethyl adjacent to an activating group) is 1. The average molecular weight is 212 g/mol. The first kappa shape index (κ1) is 11.4. The molecule has 1 aliphatic heterocycles. The maximum atomic E-state index is 9.44. The molecule has 3 heteroatoms. The van der Waals surface area contributed by atoms with E-state index in [2.05, 4.69) is 10.2 Å². The van der Waals surface area contributed by atoms with Crippen LogP contribution in [-0.2, 0) is 0 Å². The molecule has 88 valence electrons. The maximum absolute atomic E-state index is 9.44. The molecule has 0 amide bonds. The summed E-state index contributed by atoms with van der Waals surface area (Å²) in [5.74, 6) is 0. The molecular formula is C12H24N2O. The molecule has 2 rings (SSSR count). The zero-order valence-electron chi connectivity index (χ0n) is 9.84. The minimum Gasteiger partial charge on any atom is -0.394 e. The van der Waals surface area contributed by atoms with Crippen LogP contribution in [0.4, 0.5) is 0 Å². The minimum atomic E-state index is -0.0164. The van der Waals surface area contributed by atoms with Crippen LogP contribution in [0.1, 0.15) is 38.5 Å². The minimum absolute atomic E-state index is 0.0164. The van der Waals surface area contributed by atoms with Gasteiger partial charge in [0, 0.05) is 19.1 Å². The van der Waals surface area contributed by atoms with E-state index in [4.69, 9.17) is 0 Å². The molecular weight excluding hydrogens is 188 g/mol. The van der Waals surface area contributed by atoms with Gasteiger partial charge in [0.05, 0.1) is 12.1 Å². The lowest BCUT2D eigenvalue weighted by Crippen LogP contribution is -2.50. The van der Waals surface area contributed by atoms with Crippen LogP contribution in [0.3, 0.4) is 0 Å². The van der Waals surface area contributed by atoms with E-state index in [0.717, 1.165) is 25.6 Å². The van der Waals surface area contributed by atoms with Crippen molar-refractivity contribution in [3.05, 3.63) is 0 Å². The summed E-state index contributed by atoms with van der Waals surface area (Å²) in [6, 6.07) is 0.792. The Kier molecular flexibility index (Phi) is 3.65. The van der Waals surface area contributed by atoms with E-state index in [1.54, 1.807) is 0 Å². The molecule has 0 radical (unpaired) electrons. The first-order valence-electron chi connectivity index (χ1n) is 6.33. The SMILES string of the molecule is CNC1(CO)CCN(C2CCCCC2)C1. The van der Waals surface area contributed by atoms with Crippen LogP contribution in [0.25, 0.3) is 0 Å². The van der Waals surface area contributed by atoms with E-state index in [-0.39, 0.29) is 12.1 Å². The molecule has 2 N–H and O–H groups in total.